The van der Waals surface area contributed by atoms with Crippen molar-refractivity contribution in [3.8, 4) is 17.2 Å². The molecule has 1 amide bonds. The molecule has 0 radical (unpaired) electrons. The van der Waals surface area contributed by atoms with Crippen LogP contribution >= 0.6 is 0 Å². The maximum Gasteiger partial charge on any atom is 0.354 e. The van der Waals surface area contributed by atoms with Gasteiger partial charge in [0.25, 0.3) is 5.69 Å². The topological polar surface area (TPSA) is 146 Å². The molecule has 0 saturated heterocycles. The number of aromatic carboxylic acids is 1. The van der Waals surface area contributed by atoms with Gasteiger partial charge >= 0.3 is 5.97 Å². The van der Waals surface area contributed by atoms with E-state index >= 15 is 0 Å². The first-order valence-corrected chi connectivity index (χ1v) is 9.02. The maximum atomic E-state index is 12.3. The van der Waals surface area contributed by atoms with Crippen LogP contribution in [0.1, 0.15) is 16.9 Å². The fourth-order valence-corrected chi connectivity index (χ4v) is 2.72. The Balaban J connectivity index is 1.72. The molecule has 31 heavy (non-hydrogen) atoms. The lowest BCUT2D eigenvalue weighted by atomic mass is 10.2. The van der Waals surface area contributed by atoms with Crippen LogP contribution in [-0.4, -0.2) is 38.8 Å². The number of carboxylic acids is 1. The van der Waals surface area contributed by atoms with Gasteiger partial charge in [0.05, 0.1) is 30.3 Å². The first-order chi connectivity index (χ1) is 14.9. The lowest BCUT2D eigenvalue weighted by molar-refractivity contribution is -0.384. The number of nitrogens with zero attached hydrogens (tertiary/aromatic N) is 3. The van der Waals surface area contributed by atoms with Gasteiger partial charge in [-0.15, -0.1) is 0 Å². The van der Waals surface area contributed by atoms with Gasteiger partial charge in [-0.25, -0.2) is 4.79 Å². The standard InChI is InChI=1S/C20H18N4O7/c1-30-15-2-4-16(5-3-15)31-17-11-13(10-14(12-17)24(28)29)22-19(25)7-9-23-18(20(26)27)6-8-21-23/h2-6,8,10-12H,7,9H2,1H3,(H,22,25)(H,26,27). The van der Waals surface area contributed by atoms with E-state index in [2.05, 4.69) is 10.4 Å². The molecule has 0 spiro atoms. The Labute approximate surface area is 176 Å². The van der Waals surface area contributed by atoms with Gasteiger partial charge in [0.2, 0.25) is 5.91 Å². The van der Waals surface area contributed by atoms with Gasteiger partial charge < -0.3 is 19.9 Å². The van der Waals surface area contributed by atoms with Crippen molar-refractivity contribution in [2.45, 2.75) is 13.0 Å². The molecule has 3 aromatic rings. The van der Waals surface area contributed by atoms with Crippen molar-refractivity contribution in [3.63, 3.8) is 0 Å². The molecule has 160 valence electrons. The van der Waals surface area contributed by atoms with Gasteiger partial charge in [-0.2, -0.15) is 5.10 Å². The summed E-state index contributed by atoms with van der Waals surface area (Å²) in [5.74, 6) is -0.407. The second-order valence-corrected chi connectivity index (χ2v) is 6.29. The summed E-state index contributed by atoms with van der Waals surface area (Å²) in [7, 11) is 1.53. The summed E-state index contributed by atoms with van der Waals surface area (Å²) < 4.78 is 11.9. The second-order valence-electron chi connectivity index (χ2n) is 6.29. The Bertz CT molecular complexity index is 1110. The van der Waals surface area contributed by atoms with Crippen molar-refractivity contribution in [2.75, 3.05) is 12.4 Å². The summed E-state index contributed by atoms with van der Waals surface area (Å²) in [6.07, 6.45) is 1.24. The van der Waals surface area contributed by atoms with Crippen molar-refractivity contribution >= 4 is 23.3 Å². The Morgan fingerprint density at radius 3 is 2.48 bits per heavy atom. The number of non-ortho nitro benzene ring substituents is 1. The number of carbonyl (C=O) groups excluding carboxylic acids is 1. The summed E-state index contributed by atoms with van der Waals surface area (Å²) in [5.41, 5.74) is -0.137. The Morgan fingerprint density at radius 2 is 1.84 bits per heavy atom. The monoisotopic (exact) mass is 426 g/mol. The van der Waals surface area contributed by atoms with Crippen LogP contribution in [0.3, 0.4) is 0 Å². The molecule has 0 fully saturated rings. The number of carboxylic acid groups (broad SMARTS) is 1. The highest BCUT2D eigenvalue weighted by Gasteiger charge is 2.15. The van der Waals surface area contributed by atoms with Crippen LogP contribution in [-0.2, 0) is 11.3 Å². The van der Waals surface area contributed by atoms with E-state index in [1.165, 1.54) is 42.3 Å². The lowest BCUT2D eigenvalue weighted by Gasteiger charge is -2.10. The number of nitro groups is 1. The number of anilines is 1. The number of amides is 1. The molecule has 0 aliphatic heterocycles. The Kier molecular flexibility index (Phi) is 6.45. The average Bonchev–Trinajstić information content (AvgIpc) is 3.22. The lowest BCUT2D eigenvalue weighted by Crippen LogP contribution is -2.17. The molecular formula is C20H18N4O7. The number of ether oxygens (including phenoxy) is 2. The van der Waals surface area contributed by atoms with E-state index in [1.54, 1.807) is 24.3 Å². The van der Waals surface area contributed by atoms with Crippen LogP contribution < -0.4 is 14.8 Å². The number of hydrogen-bond donors (Lipinski definition) is 2. The third kappa shape index (κ3) is 5.56. The first-order valence-electron chi connectivity index (χ1n) is 9.02. The molecule has 1 aromatic heterocycles. The number of nitrogens with one attached hydrogen (secondary N) is 1. The van der Waals surface area contributed by atoms with Crippen LogP contribution in [0.5, 0.6) is 17.2 Å². The van der Waals surface area contributed by atoms with E-state index in [-0.39, 0.29) is 35.8 Å². The third-order valence-electron chi connectivity index (χ3n) is 4.17. The van der Waals surface area contributed by atoms with Crippen molar-refractivity contribution in [3.05, 3.63) is 70.5 Å². The predicted octanol–water partition coefficient (Wildman–Crippen LogP) is 3.32. The summed E-state index contributed by atoms with van der Waals surface area (Å²) >= 11 is 0. The predicted molar refractivity (Wildman–Crippen MR) is 109 cm³/mol. The van der Waals surface area contributed by atoms with E-state index < -0.39 is 16.8 Å². The van der Waals surface area contributed by atoms with Crippen molar-refractivity contribution in [1.82, 2.24) is 9.78 Å². The molecule has 0 unspecified atom stereocenters. The van der Waals surface area contributed by atoms with Gasteiger partial charge in [-0.1, -0.05) is 0 Å². The normalized spacial score (nSPS) is 10.4. The van der Waals surface area contributed by atoms with Crippen LogP contribution in [0, 0.1) is 10.1 Å². The van der Waals surface area contributed by atoms with Gasteiger partial charge in [0.15, 0.2) is 0 Å². The molecular weight excluding hydrogens is 408 g/mol. The van der Waals surface area contributed by atoms with E-state index in [0.717, 1.165) is 0 Å². The molecule has 0 saturated carbocycles. The van der Waals surface area contributed by atoms with E-state index in [4.69, 9.17) is 14.6 Å². The minimum atomic E-state index is -1.16. The van der Waals surface area contributed by atoms with Crippen molar-refractivity contribution in [1.29, 1.82) is 0 Å². The zero-order valence-electron chi connectivity index (χ0n) is 16.3. The molecule has 0 aliphatic carbocycles. The fourth-order valence-electron chi connectivity index (χ4n) is 2.72. The zero-order chi connectivity index (χ0) is 22.4. The van der Waals surface area contributed by atoms with Crippen LogP contribution in [0.4, 0.5) is 11.4 Å². The molecule has 11 heteroatoms. The van der Waals surface area contributed by atoms with Crippen molar-refractivity contribution < 1.29 is 29.1 Å². The summed E-state index contributed by atoms with van der Waals surface area (Å²) in [6, 6.07) is 11.8. The number of carbonyl (C=O) groups is 2. The van der Waals surface area contributed by atoms with Gasteiger partial charge in [-0.05, 0) is 30.3 Å². The number of aryl methyl sites for hydroxylation is 1. The maximum absolute atomic E-state index is 12.3. The minimum absolute atomic E-state index is 0.0323. The molecule has 0 bridgehead atoms. The zero-order valence-corrected chi connectivity index (χ0v) is 16.3. The van der Waals surface area contributed by atoms with E-state index in [9.17, 15) is 19.7 Å². The SMILES string of the molecule is COc1ccc(Oc2cc(NC(=O)CCn3nccc3C(=O)O)cc([N+](=O)[O-])c2)cc1. The van der Waals surface area contributed by atoms with Crippen molar-refractivity contribution in [2.24, 2.45) is 0 Å². The van der Waals surface area contributed by atoms with Gasteiger partial charge in [-0.3, -0.25) is 19.6 Å². The summed E-state index contributed by atoms with van der Waals surface area (Å²) in [5, 5.41) is 26.8. The Hall–Kier alpha value is -4.41. The number of rotatable bonds is 9. The molecule has 2 aromatic carbocycles. The first kappa shape index (κ1) is 21.3. The highest BCUT2D eigenvalue weighted by Crippen LogP contribution is 2.30. The largest absolute Gasteiger partial charge is 0.497 e. The van der Waals surface area contributed by atoms with Crippen LogP contribution in [0.25, 0.3) is 0 Å². The minimum Gasteiger partial charge on any atom is -0.497 e. The van der Waals surface area contributed by atoms with E-state index in [1.807, 2.05) is 0 Å². The summed E-state index contributed by atoms with van der Waals surface area (Å²) in [4.78, 5) is 34.0. The quantitative estimate of drug-likeness (QED) is 0.391. The number of benzene rings is 2. The van der Waals surface area contributed by atoms with Crippen LogP contribution in [0.15, 0.2) is 54.7 Å². The molecule has 11 nitrogen and oxygen atoms in total. The molecule has 1 heterocycles. The Morgan fingerprint density at radius 1 is 1.13 bits per heavy atom. The molecule has 0 aliphatic rings. The van der Waals surface area contributed by atoms with Gasteiger partial charge in [0.1, 0.15) is 22.9 Å². The third-order valence-corrected chi connectivity index (χ3v) is 4.17. The second kappa shape index (κ2) is 9.39. The number of nitro benzene ring substituents is 1. The molecule has 0 atom stereocenters. The van der Waals surface area contributed by atoms with Crippen LogP contribution in [0.2, 0.25) is 0 Å². The molecule has 2 N–H and O–H groups in total. The number of methoxy groups -OCH3 is 1. The highest BCUT2D eigenvalue weighted by molar-refractivity contribution is 5.91. The average molecular weight is 426 g/mol. The molecule has 3 rings (SSSR count). The van der Waals surface area contributed by atoms with E-state index in [0.29, 0.717) is 11.5 Å². The number of hydrogen-bond acceptors (Lipinski definition) is 7. The number of aromatic nitrogens is 2. The highest BCUT2D eigenvalue weighted by atomic mass is 16.6. The fraction of sp³-hybridized carbons (Fsp3) is 0.150. The summed E-state index contributed by atoms with van der Waals surface area (Å²) in [6.45, 7) is 0.0323. The van der Waals surface area contributed by atoms with Gasteiger partial charge in [0, 0.05) is 24.8 Å². The smallest absolute Gasteiger partial charge is 0.354 e.